The second-order valence-electron chi connectivity index (χ2n) is 5.06. The normalized spacial score (nSPS) is 11.9. The highest BCUT2D eigenvalue weighted by atomic mass is 19.1. The summed E-state index contributed by atoms with van der Waals surface area (Å²) in [6.07, 6.45) is 0. The number of carbonyl (C=O) groups excluding carboxylic acids is 1. The lowest BCUT2D eigenvalue weighted by Crippen LogP contribution is -2.27. The molecule has 1 amide bonds. The van der Waals surface area contributed by atoms with Gasteiger partial charge in [0.1, 0.15) is 17.4 Å². The van der Waals surface area contributed by atoms with Crippen LogP contribution in [0.15, 0.2) is 36.4 Å². The first kappa shape index (κ1) is 15.9. The predicted octanol–water partition coefficient (Wildman–Crippen LogP) is 3.77. The molecule has 5 heteroatoms. The molecule has 22 heavy (non-hydrogen) atoms. The standard InChI is InChI=1S/C17H17F2NO2/c1-10-4-7-16(22-3)14(8-10)11(2)20-17(21)13-6-5-12(18)9-15(13)19/h4-9,11H,1-3H3,(H,20,21)/t11-/m0/s1. The van der Waals surface area contributed by atoms with Gasteiger partial charge in [-0.3, -0.25) is 4.79 Å². The number of amides is 1. The molecule has 0 bridgehead atoms. The molecule has 2 aromatic carbocycles. The Morgan fingerprint density at radius 2 is 1.91 bits per heavy atom. The average molecular weight is 305 g/mol. The molecule has 2 aromatic rings. The number of aryl methyl sites for hydroxylation is 1. The molecule has 1 atom stereocenters. The van der Waals surface area contributed by atoms with Gasteiger partial charge in [0.25, 0.3) is 5.91 Å². The van der Waals surface area contributed by atoms with Crippen LogP contribution in [0, 0.1) is 18.6 Å². The van der Waals surface area contributed by atoms with Crippen molar-refractivity contribution >= 4 is 5.91 Å². The van der Waals surface area contributed by atoms with Crippen molar-refractivity contribution < 1.29 is 18.3 Å². The van der Waals surface area contributed by atoms with Crippen LogP contribution >= 0.6 is 0 Å². The van der Waals surface area contributed by atoms with E-state index >= 15 is 0 Å². The van der Waals surface area contributed by atoms with Crippen LogP contribution in [0.2, 0.25) is 0 Å². The van der Waals surface area contributed by atoms with E-state index in [-0.39, 0.29) is 11.6 Å². The van der Waals surface area contributed by atoms with Crippen molar-refractivity contribution in [3.63, 3.8) is 0 Å². The number of rotatable bonds is 4. The van der Waals surface area contributed by atoms with Crippen LogP contribution in [0.5, 0.6) is 5.75 Å². The zero-order valence-corrected chi connectivity index (χ0v) is 12.6. The van der Waals surface area contributed by atoms with Crippen molar-refractivity contribution in [2.45, 2.75) is 19.9 Å². The second kappa shape index (κ2) is 6.56. The third-order valence-electron chi connectivity index (χ3n) is 3.38. The van der Waals surface area contributed by atoms with Crippen LogP contribution in [0.25, 0.3) is 0 Å². The molecule has 0 unspecified atom stereocenters. The predicted molar refractivity (Wildman–Crippen MR) is 80.0 cm³/mol. The summed E-state index contributed by atoms with van der Waals surface area (Å²) < 4.78 is 31.8. The SMILES string of the molecule is COc1ccc(C)cc1[C@H](C)NC(=O)c1ccc(F)cc1F. The first-order valence-electron chi connectivity index (χ1n) is 6.83. The van der Waals surface area contributed by atoms with Gasteiger partial charge in [0.15, 0.2) is 0 Å². The first-order chi connectivity index (χ1) is 10.4. The van der Waals surface area contributed by atoms with E-state index in [1.54, 1.807) is 14.0 Å². The fourth-order valence-electron chi connectivity index (χ4n) is 2.22. The van der Waals surface area contributed by atoms with Crippen molar-refractivity contribution in [1.82, 2.24) is 5.32 Å². The van der Waals surface area contributed by atoms with Crippen LogP contribution in [-0.2, 0) is 0 Å². The number of methoxy groups -OCH3 is 1. The highest BCUT2D eigenvalue weighted by Crippen LogP contribution is 2.26. The number of hydrogen-bond donors (Lipinski definition) is 1. The van der Waals surface area contributed by atoms with Crippen LogP contribution in [0.1, 0.15) is 34.5 Å². The van der Waals surface area contributed by atoms with E-state index in [1.165, 1.54) is 0 Å². The van der Waals surface area contributed by atoms with Gasteiger partial charge in [-0.2, -0.15) is 0 Å². The maximum Gasteiger partial charge on any atom is 0.254 e. The quantitative estimate of drug-likeness (QED) is 0.933. The number of carbonyl (C=O) groups is 1. The Kier molecular flexibility index (Phi) is 4.75. The summed E-state index contributed by atoms with van der Waals surface area (Å²) in [7, 11) is 1.54. The highest BCUT2D eigenvalue weighted by molar-refractivity contribution is 5.94. The Hall–Kier alpha value is -2.43. The molecule has 0 fully saturated rings. The van der Waals surface area contributed by atoms with Crippen LogP contribution in [0.3, 0.4) is 0 Å². The first-order valence-corrected chi connectivity index (χ1v) is 6.83. The van der Waals surface area contributed by atoms with Gasteiger partial charge < -0.3 is 10.1 Å². The molecule has 1 N–H and O–H groups in total. The Morgan fingerprint density at radius 3 is 2.55 bits per heavy atom. The maximum atomic E-state index is 13.6. The molecule has 3 nitrogen and oxygen atoms in total. The molecule has 0 spiro atoms. The summed E-state index contributed by atoms with van der Waals surface area (Å²) >= 11 is 0. The average Bonchev–Trinajstić information content (AvgIpc) is 2.46. The Bertz CT molecular complexity index is 701. The molecule has 2 rings (SSSR count). The van der Waals surface area contributed by atoms with Gasteiger partial charge in [-0.1, -0.05) is 17.7 Å². The number of hydrogen-bond acceptors (Lipinski definition) is 2. The van der Waals surface area contributed by atoms with E-state index in [9.17, 15) is 13.6 Å². The summed E-state index contributed by atoms with van der Waals surface area (Å²) in [5.41, 5.74) is 1.61. The molecule has 0 aromatic heterocycles. The van der Waals surface area contributed by atoms with Crippen molar-refractivity contribution in [2.24, 2.45) is 0 Å². The highest BCUT2D eigenvalue weighted by Gasteiger charge is 2.18. The van der Waals surface area contributed by atoms with Crippen molar-refractivity contribution in [3.8, 4) is 5.75 Å². The largest absolute Gasteiger partial charge is 0.496 e. The summed E-state index contributed by atoms with van der Waals surface area (Å²) in [6, 6.07) is 8.09. The van der Waals surface area contributed by atoms with Gasteiger partial charge in [-0.15, -0.1) is 0 Å². The van der Waals surface area contributed by atoms with E-state index < -0.39 is 17.5 Å². The third-order valence-corrected chi connectivity index (χ3v) is 3.38. The molecule has 0 aliphatic rings. The van der Waals surface area contributed by atoms with Crippen LogP contribution < -0.4 is 10.1 Å². The van der Waals surface area contributed by atoms with Crippen molar-refractivity contribution in [3.05, 3.63) is 64.7 Å². The van der Waals surface area contributed by atoms with Gasteiger partial charge in [0, 0.05) is 11.6 Å². The molecule has 0 aliphatic carbocycles. The Labute approximate surface area is 127 Å². The molecule has 0 aliphatic heterocycles. The number of ether oxygens (including phenoxy) is 1. The smallest absolute Gasteiger partial charge is 0.254 e. The van der Waals surface area contributed by atoms with Gasteiger partial charge in [0.2, 0.25) is 0 Å². The number of halogens is 2. The van der Waals surface area contributed by atoms with Crippen LogP contribution in [0.4, 0.5) is 8.78 Å². The van der Waals surface area contributed by atoms with E-state index in [0.717, 1.165) is 23.3 Å². The lowest BCUT2D eigenvalue weighted by Gasteiger charge is -2.18. The zero-order valence-electron chi connectivity index (χ0n) is 12.6. The lowest BCUT2D eigenvalue weighted by molar-refractivity contribution is 0.0935. The summed E-state index contributed by atoms with van der Waals surface area (Å²) in [4.78, 5) is 12.1. The van der Waals surface area contributed by atoms with E-state index in [4.69, 9.17) is 4.74 Å². The second-order valence-corrected chi connectivity index (χ2v) is 5.06. The topological polar surface area (TPSA) is 38.3 Å². The van der Waals surface area contributed by atoms with Crippen molar-refractivity contribution in [1.29, 1.82) is 0 Å². The van der Waals surface area contributed by atoms with Crippen LogP contribution in [-0.4, -0.2) is 13.0 Å². The lowest BCUT2D eigenvalue weighted by atomic mass is 10.0. The molecule has 0 saturated heterocycles. The minimum Gasteiger partial charge on any atom is -0.496 e. The molecular formula is C17H17F2NO2. The fraction of sp³-hybridized carbons (Fsp3) is 0.235. The van der Waals surface area contributed by atoms with E-state index in [0.29, 0.717) is 11.8 Å². The van der Waals surface area contributed by atoms with Gasteiger partial charge >= 0.3 is 0 Å². The molecule has 116 valence electrons. The monoisotopic (exact) mass is 305 g/mol. The van der Waals surface area contributed by atoms with Crippen molar-refractivity contribution in [2.75, 3.05) is 7.11 Å². The van der Waals surface area contributed by atoms with Gasteiger partial charge in [-0.25, -0.2) is 8.78 Å². The third kappa shape index (κ3) is 3.42. The maximum absolute atomic E-state index is 13.6. The Balaban J connectivity index is 2.23. The number of nitrogens with one attached hydrogen (secondary N) is 1. The fourth-order valence-corrected chi connectivity index (χ4v) is 2.22. The molecule has 0 saturated carbocycles. The Morgan fingerprint density at radius 1 is 1.18 bits per heavy atom. The van der Waals surface area contributed by atoms with Gasteiger partial charge in [0.05, 0.1) is 18.7 Å². The van der Waals surface area contributed by atoms with E-state index in [1.807, 2.05) is 25.1 Å². The zero-order chi connectivity index (χ0) is 16.3. The molecule has 0 radical (unpaired) electrons. The van der Waals surface area contributed by atoms with Gasteiger partial charge in [-0.05, 0) is 32.0 Å². The minimum absolute atomic E-state index is 0.195. The minimum atomic E-state index is -0.888. The molecule has 0 heterocycles. The summed E-state index contributed by atoms with van der Waals surface area (Å²) in [5, 5.41) is 2.69. The number of benzene rings is 2. The van der Waals surface area contributed by atoms with E-state index in [2.05, 4.69) is 5.32 Å². The molecular weight excluding hydrogens is 288 g/mol. The summed E-state index contributed by atoms with van der Waals surface area (Å²) in [5.74, 6) is -1.57. The summed E-state index contributed by atoms with van der Waals surface area (Å²) in [6.45, 7) is 3.70.